The number of para-hydroxylation sites is 3. The number of aromatic nitrogens is 1. The van der Waals surface area contributed by atoms with Crippen LogP contribution in [0.15, 0.2) is 72.8 Å². The van der Waals surface area contributed by atoms with E-state index in [0.29, 0.717) is 32.9 Å². The average Bonchev–Trinajstić information content (AvgIpc) is 2.77. The van der Waals surface area contributed by atoms with Crippen LogP contribution in [0, 0.1) is 10.1 Å². The van der Waals surface area contributed by atoms with E-state index in [1.165, 1.54) is 18.2 Å². The zero-order valence-electron chi connectivity index (χ0n) is 16.3. The van der Waals surface area contributed by atoms with Gasteiger partial charge in [-0.1, -0.05) is 54.6 Å². The molecule has 154 valence electrons. The molecule has 8 heteroatoms. The van der Waals surface area contributed by atoms with Crippen molar-refractivity contribution in [2.75, 3.05) is 0 Å². The number of carbonyl (C=O) groups excluding carboxylic acids is 2. The average molecular weight is 414 g/mol. The molecule has 0 unspecified atom stereocenters. The summed E-state index contributed by atoms with van der Waals surface area (Å²) in [4.78, 5) is 40.8. The molecular formula is C23H18N4O4. The molecule has 0 bridgehead atoms. The molecule has 31 heavy (non-hydrogen) atoms. The molecule has 0 fully saturated rings. The van der Waals surface area contributed by atoms with Crippen LogP contribution in [-0.4, -0.2) is 27.8 Å². The second-order valence-electron chi connectivity index (χ2n) is 7.04. The van der Waals surface area contributed by atoms with Crippen LogP contribution in [0.5, 0.6) is 0 Å². The number of nitrogens with one attached hydrogen (secondary N) is 1. The van der Waals surface area contributed by atoms with Crippen molar-refractivity contribution in [1.29, 1.82) is 0 Å². The molecule has 3 aromatic carbocycles. The summed E-state index contributed by atoms with van der Waals surface area (Å²) < 4.78 is 0. The second-order valence-corrected chi connectivity index (χ2v) is 7.04. The fraction of sp³-hybridized carbons (Fsp3) is 0.0870. The Labute approximate surface area is 176 Å². The molecule has 4 rings (SSSR count). The predicted octanol–water partition coefficient (Wildman–Crippen LogP) is 3.12. The highest BCUT2D eigenvalue weighted by atomic mass is 16.6. The molecule has 1 atom stereocenters. The number of nitrogens with zero attached hydrogens (tertiary/aromatic N) is 2. The Kier molecular flexibility index (Phi) is 5.28. The van der Waals surface area contributed by atoms with Gasteiger partial charge in [0.25, 0.3) is 11.6 Å². The Bertz CT molecular complexity index is 1280. The molecule has 3 N–H and O–H groups in total. The molecule has 0 aliphatic carbocycles. The quantitative estimate of drug-likeness (QED) is 0.285. The topological polar surface area (TPSA) is 128 Å². The molecular weight excluding hydrogens is 396 g/mol. The van der Waals surface area contributed by atoms with E-state index in [9.17, 15) is 19.7 Å². The second kappa shape index (κ2) is 8.19. The van der Waals surface area contributed by atoms with Gasteiger partial charge in [-0.3, -0.25) is 19.7 Å². The van der Waals surface area contributed by atoms with Crippen LogP contribution in [0.3, 0.4) is 0 Å². The van der Waals surface area contributed by atoms with Crippen molar-refractivity contribution in [3.05, 3.63) is 94.0 Å². The normalized spacial score (nSPS) is 11.9. The number of carbonyl (C=O) groups is 2. The Hall–Kier alpha value is -4.33. The Balaban J connectivity index is 1.75. The number of nitro benzene ring substituents is 1. The summed E-state index contributed by atoms with van der Waals surface area (Å²) >= 11 is 0. The zero-order valence-corrected chi connectivity index (χ0v) is 16.3. The molecule has 1 aromatic heterocycles. The lowest BCUT2D eigenvalue weighted by Gasteiger charge is -2.17. The van der Waals surface area contributed by atoms with Gasteiger partial charge in [0.2, 0.25) is 5.91 Å². The summed E-state index contributed by atoms with van der Waals surface area (Å²) in [6, 6.07) is 19.4. The van der Waals surface area contributed by atoms with Crippen molar-refractivity contribution >= 4 is 39.3 Å². The van der Waals surface area contributed by atoms with E-state index in [0.717, 1.165) is 0 Å². The van der Waals surface area contributed by atoms with Gasteiger partial charge in [-0.25, -0.2) is 4.98 Å². The van der Waals surface area contributed by atoms with Crippen molar-refractivity contribution in [3.63, 3.8) is 0 Å². The molecule has 2 amide bonds. The minimum Gasteiger partial charge on any atom is -0.368 e. The van der Waals surface area contributed by atoms with Crippen molar-refractivity contribution < 1.29 is 14.5 Å². The van der Waals surface area contributed by atoms with Gasteiger partial charge in [0.1, 0.15) is 6.04 Å². The maximum Gasteiger partial charge on any atom is 0.272 e. The number of amides is 2. The number of benzene rings is 3. The summed E-state index contributed by atoms with van der Waals surface area (Å²) in [5.74, 6) is -1.29. The molecule has 0 spiro atoms. The third-order valence-corrected chi connectivity index (χ3v) is 5.08. The minimum absolute atomic E-state index is 0.0980. The first kappa shape index (κ1) is 20.0. The van der Waals surface area contributed by atoms with Gasteiger partial charge in [0, 0.05) is 28.8 Å². The van der Waals surface area contributed by atoms with Crippen LogP contribution >= 0.6 is 0 Å². The lowest BCUT2D eigenvalue weighted by atomic mass is 10.00. The minimum atomic E-state index is -1.13. The van der Waals surface area contributed by atoms with Crippen LogP contribution in [0.1, 0.15) is 15.9 Å². The van der Waals surface area contributed by atoms with Crippen LogP contribution in [0.25, 0.3) is 21.8 Å². The maximum atomic E-state index is 13.3. The number of nitrogens with two attached hydrogens (primary N) is 1. The molecule has 0 radical (unpaired) electrons. The first-order valence-corrected chi connectivity index (χ1v) is 9.55. The molecule has 0 aliphatic rings. The van der Waals surface area contributed by atoms with Gasteiger partial charge in [0.05, 0.1) is 21.5 Å². The highest BCUT2D eigenvalue weighted by Crippen LogP contribution is 2.26. The van der Waals surface area contributed by atoms with Crippen molar-refractivity contribution in [3.8, 4) is 0 Å². The van der Waals surface area contributed by atoms with E-state index < -0.39 is 22.8 Å². The third-order valence-electron chi connectivity index (χ3n) is 5.08. The monoisotopic (exact) mass is 414 g/mol. The van der Waals surface area contributed by atoms with Crippen LogP contribution in [0.4, 0.5) is 5.69 Å². The number of hydrogen-bond acceptors (Lipinski definition) is 5. The third kappa shape index (κ3) is 3.91. The zero-order chi connectivity index (χ0) is 22.0. The molecule has 0 aliphatic heterocycles. The lowest BCUT2D eigenvalue weighted by molar-refractivity contribution is -0.385. The Morgan fingerprint density at radius 2 is 1.48 bits per heavy atom. The molecule has 1 heterocycles. The van der Waals surface area contributed by atoms with Crippen molar-refractivity contribution in [2.45, 2.75) is 12.5 Å². The summed E-state index contributed by atoms with van der Waals surface area (Å²) in [6.07, 6.45) is -0.0980. The van der Waals surface area contributed by atoms with Crippen molar-refractivity contribution in [2.24, 2.45) is 5.73 Å². The summed E-state index contributed by atoms with van der Waals surface area (Å²) in [5.41, 5.74) is 7.35. The first-order valence-electron chi connectivity index (χ1n) is 9.55. The highest BCUT2D eigenvalue weighted by molar-refractivity contribution is 6.16. The fourth-order valence-electron chi connectivity index (χ4n) is 3.62. The smallest absolute Gasteiger partial charge is 0.272 e. The first-order chi connectivity index (χ1) is 15.0. The summed E-state index contributed by atoms with van der Waals surface area (Å²) in [7, 11) is 0. The number of fused-ring (bicyclic) bond motifs is 2. The fourth-order valence-corrected chi connectivity index (χ4v) is 3.62. The molecule has 4 aromatic rings. The molecule has 8 nitrogen and oxygen atoms in total. The van der Waals surface area contributed by atoms with Gasteiger partial charge < -0.3 is 11.1 Å². The van der Waals surface area contributed by atoms with E-state index in [4.69, 9.17) is 5.73 Å². The van der Waals surface area contributed by atoms with Gasteiger partial charge in [0.15, 0.2) is 0 Å². The summed E-state index contributed by atoms with van der Waals surface area (Å²) in [6.45, 7) is 0. The van der Waals surface area contributed by atoms with E-state index >= 15 is 0 Å². The number of hydrogen-bond donors (Lipinski definition) is 2. The highest BCUT2D eigenvalue weighted by Gasteiger charge is 2.25. The Morgan fingerprint density at radius 3 is 2.06 bits per heavy atom. The number of nitro groups is 1. The SMILES string of the molecule is NC(=O)[C@H](Cc1ccccc1[N+](=O)[O-])NC(=O)c1c2ccccc2nc2ccccc12. The van der Waals surface area contributed by atoms with Crippen molar-refractivity contribution in [1.82, 2.24) is 10.3 Å². The summed E-state index contributed by atoms with van der Waals surface area (Å²) in [5, 5.41) is 15.2. The lowest BCUT2D eigenvalue weighted by Crippen LogP contribution is -2.46. The number of pyridine rings is 1. The van der Waals surface area contributed by atoms with Crippen LogP contribution in [-0.2, 0) is 11.2 Å². The van der Waals surface area contributed by atoms with E-state index in [1.807, 2.05) is 12.1 Å². The maximum absolute atomic E-state index is 13.3. The van der Waals surface area contributed by atoms with E-state index in [2.05, 4.69) is 10.3 Å². The largest absolute Gasteiger partial charge is 0.368 e. The van der Waals surface area contributed by atoms with Gasteiger partial charge in [-0.15, -0.1) is 0 Å². The van der Waals surface area contributed by atoms with Gasteiger partial charge in [-0.05, 0) is 12.1 Å². The number of rotatable bonds is 6. The molecule has 0 saturated carbocycles. The standard InChI is InChI=1S/C23H18N4O4/c24-22(28)19(13-14-7-1-6-12-20(14)27(30)31)26-23(29)21-15-8-2-4-10-17(15)25-18-11-5-3-9-16(18)21/h1-12,19H,13H2,(H2,24,28)(H,26,29)/t19-/m0/s1. The van der Waals surface area contributed by atoms with E-state index in [1.54, 1.807) is 42.5 Å². The van der Waals surface area contributed by atoms with E-state index in [-0.39, 0.29) is 12.1 Å². The van der Waals surface area contributed by atoms with Crippen LogP contribution < -0.4 is 11.1 Å². The molecule has 0 saturated heterocycles. The van der Waals surface area contributed by atoms with Gasteiger partial charge >= 0.3 is 0 Å². The predicted molar refractivity (Wildman–Crippen MR) is 116 cm³/mol. The van der Waals surface area contributed by atoms with Gasteiger partial charge in [-0.2, -0.15) is 0 Å². The number of primary amides is 1. The van der Waals surface area contributed by atoms with Crippen LogP contribution in [0.2, 0.25) is 0 Å². The Morgan fingerprint density at radius 1 is 0.935 bits per heavy atom.